The van der Waals surface area contributed by atoms with Crippen molar-refractivity contribution in [1.82, 2.24) is 5.32 Å². The van der Waals surface area contributed by atoms with Gasteiger partial charge in [-0.15, -0.1) is 0 Å². The van der Waals surface area contributed by atoms with Gasteiger partial charge in [0.1, 0.15) is 5.75 Å². The molecular formula is C18H29NO. The summed E-state index contributed by atoms with van der Waals surface area (Å²) in [6.07, 6.45) is 4.24. The van der Waals surface area contributed by atoms with Gasteiger partial charge in [0.25, 0.3) is 0 Å². The van der Waals surface area contributed by atoms with Crippen LogP contribution in [0.25, 0.3) is 0 Å². The van der Waals surface area contributed by atoms with Crippen LogP contribution in [-0.4, -0.2) is 12.6 Å². The molecule has 0 aliphatic heterocycles. The Hall–Kier alpha value is -1.02. The van der Waals surface area contributed by atoms with Crippen molar-refractivity contribution in [3.63, 3.8) is 0 Å². The van der Waals surface area contributed by atoms with Crippen molar-refractivity contribution in [3.05, 3.63) is 29.8 Å². The molecule has 0 bridgehead atoms. The smallest absolute Gasteiger partial charge is 0.124 e. The maximum Gasteiger partial charge on any atom is 0.124 e. The van der Waals surface area contributed by atoms with E-state index in [1.165, 1.54) is 24.8 Å². The Labute approximate surface area is 123 Å². The normalized spacial score (nSPS) is 24.1. The third-order valence-electron chi connectivity index (χ3n) is 4.25. The van der Waals surface area contributed by atoms with Crippen molar-refractivity contribution in [1.29, 1.82) is 0 Å². The van der Waals surface area contributed by atoms with Crippen LogP contribution in [-0.2, 0) is 0 Å². The molecule has 20 heavy (non-hydrogen) atoms. The number of hydrogen-bond donors (Lipinski definition) is 1. The molecule has 112 valence electrons. The molecular weight excluding hydrogens is 246 g/mol. The van der Waals surface area contributed by atoms with Gasteiger partial charge in [-0.25, -0.2) is 0 Å². The second-order valence-electron chi connectivity index (χ2n) is 6.42. The Kier molecular flexibility index (Phi) is 5.47. The average Bonchev–Trinajstić information content (AvgIpc) is 2.83. The molecule has 0 radical (unpaired) electrons. The van der Waals surface area contributed by atoms with Crippen LogP contribution in [0.1, 0.15) is 58.6 Å². The number of ether oxygens (including phenoxy) is 1. The summed E-state index contributed by atoms with van der Waals surface area (Å²) in [7, 11) is 0. The van der Waals surface area contributed by atoms with Crippen LogP contribution in [0.5, 0.6) is 5.75 Å². The first-order chi connectivity index (χ1) is 9.61. The zero-order chi connectivity index (χ0) is 14.5. The van der Waals surface area contributed by atoms with Gasteiger partial charge in [0.2, 0.25) is 0 Å². The van der Waals surface area contributed by atoms with Gasteiger partial charge in [-0.3, -0.25) is 0 Å². The van der Waals surface area contributed by atoms with Gasteiger partial charge in [0.05, 0.1) is 6.10 Å². The molecule has 1 aliphatic carbocycles. The van der Waals surface area contributed by atoms with Gasteiger partial charge in [-0.1, -0.05) is 38.5 Å². The third kappa shape index (κ3) is 3.76. The van der Waals surface area contributed by atoms with E-state index in [1.54, 1.807) is 0 Å². The molecule has 0 saturated heterocycles. The summed E-state index contributed by atoms with van der Waals surface area (Å²) in [5.74, 6) is 2.65. The maximum atomic E-state index is 6.02. The van der Waals surface area contributed by atoms with E-state index in [-0.39, 0.29) is 6.10 Å². The monoisotopic (exact) mass is 275 g/mol. The summed E-state index contributed by atoms with van der Waals surface area (Å²) in [6, 6.07) is 8.97. The van der Waals surface area contributed by atoms with Crippen molar-refractivity contribution in [2.75, 3.05) is 6.54 Å². The molecule has 2 rings (SSSR count). The van der Waals surface area contributed by atoms with Crippen molar-refractivity contribution in [2.24, 2.45) is 11.8 Å². The van der Waals surface area contributed by atoms with E-state index in [0.29, 0.717) is 6.04 Å². The molecule has 1 aromatic rings. The third-order valence-corrected chi connectivity index (χ3v) is 4.25. The van der Waals surface area contributed by atoms with Gasteiger partial charge < -0.3 is 10.1 Å². The lowest BCUT2D eigenvalue weighted by Gasteiger charge is -2.27. The number of rotatable bonds is 6. The van der Waals surface area contributed by atoms with Gasteiger partial charge >= 0.3 is 0 Å². The van der Waals surface area contributed by atoms with Crippen LogP contribution in [0.2, 0.25) is 0 Å². The first-order valence-electron chi connectivity index (χ1n) is 8.10. The Bertz CT molecular complexity index is 416. The lowest BCUT2D eigenvalue weighted by molar-refractivity contribution is 0.233. The lowest BCUT2D eigenvalue weighted by Crippen LogP contribution is -2.28. The Morgan fingerprint density at radius 2 is 2.00 bits per heavy atom. The van der Waals surface area contributed by atoms with E-state index < -0.39 is 0 Å². The molecule has 1 N–H and O–H groups in total. The van der Waals surface area contributed by atoms with Crippen molar-refractivity contribution >= 4 is 0 Å². The van der Waals surface area contributed by atoms with Gasteiger partial charge in [-0.2, -0.15) is 0 Å². The lowest BCUT2D eigenvalue weighted by atomic mass is 9.90. The fraction of sp³-hybridized carbons (Fsp3) is 0.667. The highest BCUT2D eigenvalue weighted by Gasteiger charge is 2.30. The second-order valence-corrected chi connectivity index (χ2v) is 6.42. The highest BCUT2D eigenvalue weighted by molar-refractivity contribution is 5.36. The predicted molar refractivity (Wildman–Crippen MR) is 85.1 cm³/mol. The number of nitrogens with one attached hydrogen (secondary N) is 1. The van der Waals surface area contributed by atoms with E-state index in [0.717, 1.165) is 24.1 Å². The molecule has 3 atom stereocenters. The van der Waals surface area contributed by atoms with Gasteiger partial charge in [0, 0.05) is 11.6 Å². The van der Waals surface area contributed by atoms with Crippen LogP contribution in [0.15, 0.2) is 24.3 Å². The molecule has 1 saturated carbocycles. The Morgan fingerprint density at radius 1 is 1.25 bits per heavy atom. The summed E-state index contributed by atoms with van der Waals surface area (Å²) in [4.78, 5) is 0. The summed E-state index contributed by atoms with van der Waals surface area (Å²) >= 11 is 0. The molecule has 2 heteroatoms. The summed E-state index contributed by atoms with van der Waals surface area (Å²) < 4.78 is 6.02. The molecule has 2 nitrogen and oxygen atoms in total. The molecule has 1 aromatic carbocycles. The van der Waals surface area contributed by atoms with Crippen LogP contribution >= 0.6 is 0 Å². The quantitative estimate of drug-likeness (QED) is 0.821. The van der Waals surface area contributed by atoms with Crippen molar-refractivity contribution < 1.29 is 4.74 Å². The zero-order valence-electron chi connectivity index (χ0n) is 13.4. The fourth-order valence-corrected chi connectivity index (χ4v) is 3.40. The zero-order valence-corrected chi connectivity index (χ0v) is 13.4. The number of hydrogen-bond acceptors (Lipinski definition) is 2. The molecule has 0 amide bonds. The summed E-state index contributed by atoms with van der Waals surface area (Å²) in [6.45, 7) is 9.76. The first kappa shape index (κ1) is 15.4. The predicted octanol–water partition coefficient (Wildman–Crippen LogP) is 4.56. The fourth-order valence-electron chi connectivity index (χ4n) is 3.40. The largest absolute Gasteiger partial charge is 0.491 e. The van der Waals surface area contributed by atoms with E-state index in [9.17, 15) is 0 Å². The van der Waals surface area contributed by atoms with Gasteiger partial charge in [-0.05, 0) is 51.1 Å². The Balaban J connectivity index is 2.24. The van der Waals surface area contributed by atoms with E-state index in [4.69, 9.17) is 4.74 Å². The van der Waals surface area contributed by atoms with Crippen LogP contribution in [0, 0.1) is 11.8 Å². The standard InChI is InChI=1S/C18H29NO/c1-5-19-18(15-11-10-14(4)12-15)16-8-6-7-9-17(16)20-13(2)3/h6-9,13-15,18-19H,5,10-12H2,1-4H3. The molecule has 3 unspecified atom stereocenters. The molecule has 0 heterocycles. The number of para-hydroxylation sites is 1. The highest BCUT2D eigenvalue weighted by Crippen LogP contribution is 2.41. The second kappa shape index (κ2) is 7.12. The van der Waals surface area contributed by atoms with Crippen LogP contribution in [0.4, 0.5) is 0 Å². The van der Waals surface area contributed by atoms with Gasteiger partial charge in [0.15, 0.2) is 0 Å². The maximum absolute atomic E-state index is 6.02. The van der Waals surface area contributed by atoms with E-state index >= 15 is 0 Å². The molecule has 1 fully saturated rings. The number of benzene rings is 1. The minimum Gasteiger partial charge on any atom is -0.491 e. The van der Waals surface area contributed by atoms with Crippen molar-refractivity contribution in [2.45, 2.75) is 59.1 Å². The van der Waals surface area contributed by atoms with E-state index in [2.05, 4.69) is 57.3 Å². The van der Waals surface area contributed by atoms with Crippen LogP contribution < -0.4 is 10.1 Å². The minimum absolute atomic E-state index is 0.223. The average molecular weight is 275 g/mol. The highest BCUT2D eigenvalue weighted by atomic mass is 16.5. The minimum atomic E-state index is 0.223. The molecule has 1 aliphatic rings. The Morgan fingerprint density at radius 3 is 2.60 bits per heavy atom. The summed E-state index contributed by atoms with van der Waals surface area (Å²) in [5.41, 5.74) is 1.34. The molecule has 0 spiro atoms. The van der Waals surface area contributed by atoms with Crippen molar-refractivity contribution in [3.8, 4) is 5.75 Å². The first-order valence-corrected chi connectivity index (χ1v) is 8.10. The van der Waals surface area contributed by atoms with E-state index in [1.807, 2.05) is 0 Å². The SMILES string of the molecule is CCNC(c1ccccc1OC(C)C)C1CCC(C)C1. The molecule has 0 aromatic heterocycles. The topological polar surface area (TPSA) is 21.3 Å². The summed E-state index contributed by atoms with van der Waals surface area (Å²) in [5, 5.41) is 3.70. The van der Waals surface area contributed by atoms with Crippen LogP contribution in [0.3, 0.4) is 0 Å².